The van der Waals surface area contributed by atoms with Crippen LogP contribution in [0.25, 0.3) is 0 Å². The van der Waals surface area contributed by atoms with Gasteiger partial charge in [0, 0.05) is 0 Å². The molecule has 13 heavy (non-hydrogen) atoms. The van der Waals surface area contributed by atoms with Gasteiger partial charge < -0.3 is 9.84 Å². The van der Waals surface area contributed by atoms with Crippen LogP contribution in [0.4, 0.5) is 0 Å². The minimum atomic E-state index is -0.426. The summed E-state index contributed by atoms with van der Waals surface area (Å²) in [5, 5.41) is 9.32. The fraction of sp³-hybridized carbons (Fsp3) is 0.455. The molecular weight excluding hydrogens is 164 g/mol. The highest BCUT2D eigenvalue weighted by atomic mass is 16.5. The van der Waals surface area contributed by atoms with E-state index in [0.29, 0.717) is 0 Å². The van der Waals surface area contributed by atoms with Gasteiger partial charge in [0.15, 0.2) is 0 Å². The lowest BCUT2D eigenvalue weighted by atomic mass is 10.1. The fourth-order valence-electron chi connectivity index (χ4n) is 1.08. The van der Waals surface area contributed by atoms with Crippen molar-refractivity contribution in [2.75, 3.05) is 6.61 Å². The maximum absolute atomic E-state index is 9.32. The molecule has 0 fully saturated rings. The largest absolute Gasteiger partial charge is 0.494 e. The first-order valence-corrected chi connectivity index (χ1v) is 4.65. The Morgan fingerprint density at radius 1 is 1.46 bits per heavy atom. The van der Waals surface area contributed by atoms with Crippen LogP contribution < -0.4 is 4.74 Å². The van der Waals surface area contributed by atoms with Crippen LogP contribution >= 0.6 is 0 Å². The number of benzene rings is 1. The molecular formula is C11H16O2. The lowest BCUT2D eigenvalue weighted by molar-refractivity contribution is 0.198. The molecule has 0 aliphatic carbocycles. The summed E-state index contributed by atoms with van der Waals surface area (Å²) in [5.74, 6) is 0.834. The molecule has 0 aromatic heterocycles. The molecule has 1 aromatic rings. The topological polar surface area (TPSA) is 29.5 Å². The van der Waals surface area contributed by atoms with E-state index in [2.05, 4.69) is 6.92 Å². The van der Waals surface area contributed by atoms with E-state index in [4.69, 9.17) is 4.74 Å². The van der Waals surface area contributed by atoms with Crippen LogP contribution in [0.3, 0.4) is 0 Å². The van der Waals surface area contributed by atoms with E-state index in [-0.39, 0.29) is 0 Å². The Morgan fingerprint density at radius 3 is 2.85 bits per heavy atom. The van der Waals surface area contributed by atoms with Crippen LogP contribution in [0.5, 0.6) is 5.75 Å². The minimum Gasteiger partial charge on any atom is -0.494 e. The van der Waals surface area contributed by atoms with Crippen molar-refractivity contribution in [1.29, 1.82) is 0 Å². The quantitative estimate of drug-likeness (QED) is 0.771. The average Bonchev–Trinajstić information content (AvgIpc) is 2.15. The zero-order valence-corrected chi connectivity index (χ0v) is 8.16. The van der Waals surface area contributed by atoms with Gasteiger partial charge in [-0.05, 0) is 31.0 Å². The van der Waals surface area contributed by atoms with Gasteiger partial charge in [-0.25, -0.2) is 0 Å². The predicted octanol–water partition coefficient (Wildman–Crippen LogP) is 2.53. The second kappa shape index (κ2) is 4.87. The summed E-state index contributed by atoms with van der Waals surface area (Å²) in [5.41, 5.74) is 0.897. The normalized spacial score (nSPS) is 12.5. The second-order valence-corrected chi connectivity index (χ2v) is 3.10. The van der Waals surface area contributed by atoms with Crippen LogP contribution in [-0.2, 0) is 0 Å². The molecule has 0 unspecified atom stereocenters. The minimum absolute atomic E-state index is 0.426. The van der Waals surface area contributed by atoms with E-state index in [1.807, 2.05) is 24.3 Å². The molecule has 2 nitrogen and oxygen atoms in total. The molecule has 0 aliphatic heterocycles. The van der Waals surface area contributed by atoms with E-state index in [0.717, 1.165) is 24.3 Å². The first-order valence-electron chi connectivity index (χ1n) is 4.65. The third-order valence-electron chi connectivity index (χ3n) is 1.81. The summed E-state index contributed by atoms with van der Waals surface area (Å²) < 4.78 is 5.43. The summed E-state index contributed by atoms with van der Waals surface area (Å²) in [7, 11) is 0. The Bertz CT molecular complexity index is 256. The van der Waals surface area contributed by atoms with Crippen molar-refractivity contribution >= 4 is 0 Å². The van der Waals surface area contributed by atoms with Crippen molar-refractivity contribution in [2.24, 2.45) is 0 Å². The van der Waals surface area contributed by atoms with Crippen LogP contribution in [0.1, 0.15) is 31.9 Å². The molecule has 0 spiro atoms. The van der Waals surface area contributed by atoms with Crippen molar-refractivity contribution in [3.05, 3.63) is 29.8 Å². The smallest absolute Gasteiger partial charge is 0.119 e. The van der Waals surface area contributed by atoms with E-state index in [9.17, 15) is 5.11 Å². The molecule has 0 saturated heterocycles. The summed E-state index contributed by atoms with van der Waals surface area (Å²) >= 11 is 0. The number of aliphatic hydroxyl groups excluding tert-OH is 1. The summed E-state index contributed by atoms with van der Waals surface area (Å²) in [6, 6.07) is 7.57. The van der Waals surface area contributed by atoms with Crippen LogP contribution in [-0.4, -0.2) is 11.7 Å². The standard InChI is InChI=1S/C11H16O2/c1-3-7-13-11-6-4-5-10(8-11)9(2)12/h4-6,8-9,12H,3,7H2,1-2H3/t9-/m1/s1. The summed E-state index contributed by atoms with van der Waals surface area (Å²) in [6.45, 7) is 4.54. The molecule has 0 saturated carbocycles. The van der Waals surface area contributed by atoms with Gasteiger partial charge >= 0.3 is 0 Å². The molecule has 1 aromatic carbocycles. The van der Waals surface area contributed by atoms with Crippen molar-refractivity contribution in [3.8, 4) is 5.75 Å². The molecule has 0 radical (unpaired) electrons. The molecule has 72 valence electrons. The SMILES string of the molecule is CCCOc1cccc([C@@H](C)O)c1. The third kappa shape index (κ3) is 3.07. The molecule has 0 amide bonds. The molecule has 1 N–H and O–H groups in total. The number of ether oxygens (including phenoxy) is 1. The van der Waals surface area contributed by atoms with Crippen molar-refractivity contribution in [2.45, 2.75) is 26.4 Å². The molecule has 0 bridgehead atoms. The maximum atomic E-state index is 9.32. The van der Waals surface area contributed by atoms with Crippen molar-refractivity contribution in [1.82, 2.24) is 0 Å². The monoisotopic (exact) mass is 180 g/mol. The van der Waals surface area contributed by atoms with Gasteiger partial charge in [-0.2, -0.15) is 0 Å². The molecule has 2 heteroatoms. The lowest BCUT2D eigenvalue weighted by Crippen LogP contribution is -1.96. The van der Waals surface area contributed by atoms with Crippen molar-refractivity contribution < 1.29 is 9.84 Å². The first kappa shape index (κ1) is 10.1. The highest BCUT2D eigenvalue weighted by Gasteiger charge is 2.01. The Hall–Kier alpha value is -1.02. The Balaban J connectivity index is 2.68. The molecule has 1 rings (SSSR count). The third-order valence-corrected chi connectivity index (χ3v) is 1.81. The van der Waals surface area contributed by atoms with Gasteiger partial charge in [0.2, 0.25) is 0 Å². The van der Waals surface area contributed by atoms with Crippen LogP contribution in [0.15, 0.2) is 24.3 Å². The number of hydrogen-bond acceptors (Lipinski definition) is 2. The molecule has 1 atom stereocenters. The fourth-order valence-corrected chi connectivity index (χ4v) is 1.08. The highest BCUT2D eigenvalue weighted by Crippen LogP contribution is 2.18. The zero-order chi connectivity index (χ0) is 9.68. The van der Waals surface area contributed by atoms with E-state index >= 15 is 0 Å². The van der Waals surface area contributed by atoms with Crippen molar-refractivity contribution in [3.63, 3.8) is 0 Å². The maximum Gasteiger partial charge on any atom is 0.119 e. The Morgan fingerprint density at radius 2 is 2.23 bits per heavy atom. The van der Waals surface area contributed by atoms with E-state index < -0.39 is 6.10 Å². The lowest BCUT2D eigenvalue weighted by Gasteiger charge is -2.08. The predicted molar refractivity (Wildman–Crippen MR) is 52.9 cm³/mol. The van der Waals surface area contributed by atoms with Gasteiger partial charge in [-0.15, -0.1) is 0 Å². The molecule has 0 heterocycles. The van der Waals surface area contributed by atoms with Gasteiger partial charge in [0.1, 0.15) is 5.75 Å². The second-order valence-electron chi connectivity index (χ2n) is 3.10. The van der Waals surface area contributed by atoms with Gasteiger partial charge in [0.05, 0.1) is 12.7 Å². The zero-order valence-electron chi connectivity index (χ0n) is 8.16. The average molecular weight is 180 g/mol. The number of hydrogen-bond donors (Lipinski definition) is 1. The first-order chi connectivity index (χ1) is 6.24. The number of aliphatic hydroxyl groups is 1. The summed E-state index contributed by atoms with van der Waals surface area (Å²) in [6.07, 6.45) is 0.573. The summed E-state index contributed by atoms with van der Waals surface area (Å²) in [4.78, 5) is 0. The Kier molecular flexibility index (Phi) is 3.77. The van der Waals surface area contributed by atoms with E-state index in [1.54, 1.807) is 6.92 Å². The Labute approximate surface area is 79.2 Å². The van der Waals surface area contributed by atoms with E-state index in [1.165, 1.54) is 0 Å². The van der Waals surface area contributed by atoms with Gasteiger partial charge in [-0.3, -0.25) is 0 Å². The highest BCUT2D eigenvalue weighted by molar-refractivity contribution is 5.29. The van der Waals surface area contributed by atoms with Gasteiger partial charge in [-0.1, -0.05) is 19.1 Å². The van der Waals surface area contributed by atoms with Crippen LogP contribution in [0.2, 0.25) is 0 Å². The van der Waals surface area contributed by atoms with Crippen LogP contribution in [0, 0.1) is 0 Å². The number of rotatable bonds is 4. The molecule has 0 aliphatic rings. The van der Waals surface area contributed by atoms with Gasteiger partial charge in [0.25, 0.3) is 0 Å².